The highest BCUT2D eigenvalue weighted by Crippen LogP contribution is 2.14. The second-order valence-corrected chi connectivity index (χ2v) is 6.47. The molecule has 1 N–H and O–H groups in total. The summed E-state index contributed by atoms with van der Waals surface area (Å²) in [6, 6.07) is 6.43. The highest BCUT2D eigenvalue weighted by molar-refractivity contribution is 5.41. The zero-order valence-electron chi connectivity index (χ0n) is 14.7. The molecule has 6 heteroatoms. The normalized spacial score (nSPS) is 16.9. The lowest BCUT2D eigenvalue weighted by molar-refractivity contribution is 0.250. The van der Waals surface area contributed by atoms with Gasteiger partial charge in [-0.15, -0.1) is 0 Å². The van der Waals surface area contributed by atoms with Crippen molar-refractivity contribution in [2.75, 3.05) is 42.9 Å². The molecule has 0 radical (unpaired) electrons. The van der Waals surface area contributed by atoms with Crippen molar-refractivity contribution in [3.05, 3.63) is 42.0 Å². The standard InChI is InChI=1S/C18H26N6/c1-14-12-20-16(3)18(21-14)22-15(2)13-23-8-10-24(11-9-23)17-6-4-5-7-19-17/h4-7,12,15H,8-11,13H2,1-3H3,(H,21,22). The van der Waals surface area contributed by atoms with Crippen LogP contribution in [0.15, 0.2) is 30.6 Å². The number of hydrogen-bond donors (Lipinski definition) is 1. The molecule has 1 aliphatic rings. The fourth-order valence-electron chi connectivity index (χ4n) is 3.04. The van der Waals surface area contributed by atoms with Crippen LogP contribution in [0.25, 0.3) is 0 Å². The molecule has 0 spiro atoms. The number of nitrogens with one attached hydrogen (secondary N) is 1. The molecule has 1 unspecified atom stereocenters. The van der Waals surface area contributed by atoms with Crippen LogP contribution in [-0.4, -0.2) is 58.6 Å². The van der Waals surface area contributed by atoms with E-state index < -0.39 is 0 Å². The minimum absolute atomic E-state index is 0.334. The summed E-state index contributed by atoms with van der Waals surface area (Å²) in [5, 5.41) is 3.50. The third-order valence-corrected chi connectivity index (χ3v) is 4.34. The Morgan fingerprint density at radius 3 is 2.62 bits per heavy atom. The smallest absolute Gasteiger partial charge is 0.148 e. The van der Waals surface area contributed by atoms with Crippen molar-refractivity contribution >= 4 is 11.6 Å². The van der Waals surface area contributed by atoms with Crippen LogP contribution in [0.1, 0.15) is 18.3 Å². The van der Waals surface area contributed by atoms with E-state index in [1.807, 2.05) is 38.4 Å². The SMILES string of the molecule is Cc1cnc(C)c(NC(C)CN2CCN(c3ccccn3)CC2)n1. The lowest BCUT2D eigenvalue weighted by Gasteiger charge is -2.36. The number of aryl methyl sites for hydroxylation is 2. The van der Waals surface area contributed by atoms with Crippen LogP contribution < -0.4 is 10.2 Å². The molecule has 0 amide bonds. The predicted octanol–water partition coefficient (Wildman–Crippen LogP) is 2.11. The van der Waals surface area contributed by atoms with Crippen molar-refractivity contribution in [2.24, 2.45) is 0 Å². The Hall–Kier alpha value is -2.21. The molecule has 3 rings (SSSR count). The summed E-state index contributed by atoms with van der Waals surface area (Å²) in [6.07, 6.45) is 3.67. The number of rotatable bonds is 5. The lowest BCUT2D eigenvalue weighted by atomic mass is 10.2. The van der Waals surface area contributed by atoms with Crippen LogP contribution in [0, 0.1) is 13.8 Å². The van der Waals surface area contributed by atoms with E-state index in [1.54, 1.807) is 0 Å². The second-order valence-electron chi connectivity index (χ2n) is 6.47. The second kappa shape index (κ2) is 7.57. The van der Waals surface area contributed by atoms with Crippen LogP contribution in [-0.2, 0) is 0 Å². The molecule has 1 fully saturated rings. The Labute approximate surface area is 143 Å². The molecule has 2 aromatic heterocycles. The average Bonchev–Trinajstić information content (AvgIpc) is 2.59. The molecule has 0 bridgehead atoms. The summed E-state index contributed by atoms with van der Waals surface area (Å²) in [6.45, 7) is 11.3. The number of nitrogens with zero attached hydrogens (tertiary/aromatic N) is 5. The molecule has 128 valence electrons. The van der Waals surface area contributed by atoms with E-state index in [0.717, 1.165) is 55.7 Å². The van der Waals surface area contributed by atoms with Crippen LogP contribution in [0.3, 0.4) is 0 Å². The van der Waals surface area contributed by atoms with Crippen LogP contribution in [0.4, 0.5) is 11.6 Å². The van der Waals surface area contributed by atoms with Crippen molar-refractivity contribution in [2.45, 2.75) is 26.8 Å². The van der Waals surface area contributed by atoms with E-state index in [-0.39, 0.29) is 0 Å². The van der Waals surface area contributed by atoms with Gasteiger partial charge in [-0.2, -0.15) is 0 Å². The summed E-state index contributed by atoms with van der Waals surface area (Å²) in [4.78, 5) is 18.2. The van der Waals surface area contributed by atoms with Crippen LogP contribution in [0.2, 0.25) is 0 Å². The summed E-state index contributed by atoms with van der Waals surface area (Å²) in [5.74, 6) is 1.98. The van der Waals surface area contributed by atoms with E-state index in [0.29, 0.717) is 6.04 Å². The molecule has 24 heavy (non-hydrogen) atoms. The van der Waals surface area contributed by atoms with Gasteiger partial charge in [0.15, 0.2) is 0 Å². The fourth-order valence-corrected chi connectivity index (χ4v) is 3.04. The molecule has 1 saturated heterocycles. The highest BCUT2D eigenvalue weighted by atomic mass is 15.3. The molecule has 6 nitrogen and oxygen atoms in total. The summed E-state index contributed by atoms with van der Waals surface area (Å²) in [5.41, 5.74) is 1.90. The Morgan fingerprint density at radius 2 is 1.92 bits per heavy atom. The van der Waals surface area contributed by atoms with Crippen molar-refractivity contribution in [1.29, 1.82) is 0 Å². The van der Waals surface area contributed by atoms with E-state index >= 15 is 0 Å². The maximum absolute atomic E-state index is 4.55. The largest absolute Gasteiger partial charge is 0.365 e. The number of hydrogen-bond acceptors (Lipinski definition) is 6. The monoisotopic (exact) mass is 326 g/mol. The van der Waals surface area contributed by atoms with Gasteiger partial charge in [0.25, 0.3) is 0 Å². The Balaban J connectivity index is 1.50. The number of pyridine rings is 1. The van der Waals surface area contributed by atoms with Gasteiger partial charge in [0, 0.05) is 51.2 Å². The van der Waals surface area contributed by atoms with E-state index in [1.165, 1.54) is 0 Å². The van der Waals surface area contributed by atoms with Gasteiger partial charge in [0.05, 0.1) is 11.4 Å². The van der Waals surface area contributed by atoms with Crippen molar-refractivity contribution in [3.8, 4) is 0 Å². The quantitative estimate of drug-likeness (QED) is 0.908. The molecule has 0 aliphatic carbocycles. The molecule has 1 aliphatic heterocycles. The maximum atomic E-state index is 4.55. The Morgan fingerprint density at radius 1 is 1.12 bits per heavy atom. The van der Waals surface area contributed by atoms with Gasteiger partial charge in [-0.05, 0) is 32.9 Å². The van der Waals surface area contributed by atoms with Gasteiger partial charge in [0.2, 0.25) is 0 Å². The first-order valence-electron chi connectivity index (χ1n) is 8.57. The Kier molecular flexibility index (Phi) is 5.25. The zero-order chi connectivity index (χ0) is 16.9. The van der Waals surface area contributed by atoms with E-state index in [9.17, 15) is 0 Å². The topological polar surface area (TPSA) is 57.2 Å². The predicted molar refractivity (Wildman–Crippen MR) is 97.5 cm³/mol. The third kappa shape index (κ3) is 4.20. The minimum Gasteiger partial charge on any atom is -0.365 e. The average molecular weight is 326 g/mol. The summed E-state index contributed by atoms with van der Waals surface area (Å²) < 4.78 is 0. The van der Waals surface area contributed by atoms with Crippen molar-refractivity contribution < 1.29 is 0 Å². The van der Waals surface area contributed by atoms with Crippen molar-refractivity contribution in [1.82, 2.24) is 19.9 Å². The molecule has 3 heterocycles. The summed E-state index contributed by atoms with van der Waals surface area (Å²) in [7, 11) is 0. The molecular formula is C18H26N6. The zero-order valence-corrected chi connectivity index (χ0v) is 14.7. The highest BCUT2D eigenvalue weighted by Gasteiger charge is 2.19. The number of aromatic nitrogens is 3. The van der Waals surface area contributed by atoms with Gasteiger partial charge in [-0.1, -0.05) is 6.07 Å². The summed E-state index contributed by atoms with van der Waals surface area (Å²) >= 11 is 0. The first-order chi connectivity index (χ1) is 11.6. The van der Waals surface area contributed by atoms with Gasteiger partial charge in [-0.3, -0.25) is 9.88 Å². The van der Waals surface area contributed by atoms with Crippen molar-refractivity contribution in [3.63, 3.8) is 0 Å². The van der Waals surface area contributed by atoms with Crippen LogP contribution >= 0.6 is 0 Å². The fraction of sp³-hybridized carbons (Fsp3) is 0.500. The first kappa shape index (κ1) is 16.6. The molecule has 2 aromatic rings. The minimum atomic E-state index is 0.334. The Bertz CT molecular complexity index is 652. The molecule has 1 atom stereocenters. The maximum Gasteiger partial charge on any atom is 0.148 e. The lowest BCUT2D eigenvalue weighted by Crippen LogP contribution is -2.49. The van der Waals surface area contributed by atoms with Gasteiger partial charge >= 0.3 is 0 Å². The first-order valence-corrected chi connectivity index (χ1v) is 8.57. The molecule has 0 aromatic carbocycles. The molecular weight excluding hydrogens is 300 g/mol. The van der Waals surface area contributed by atoms with E-state index in [4.69, 9.17) is 0 Å². The van der Waals surface area contributed by atoms with E-state index in [2.05, 4.69) is 43.1 Å². The third-order valence-electron chi connectivity index (χ3n) is 4.34. The number of anilines is 2. The van der Waals surface area contributed by atoms with Gasteiger partial charge in [0.1, 0.15) is 11.6 Å². The van der Waals surface area contributed by atoms with Gasteiger partial charge < -0.3 is 10.2 Å². The number of piperazine rings is 1. The van der Waals surface area contributed by atoms with Gasteiger partial charge in [-0.25, -0.2) is 9.97 Å². The molecule has 0 saturated carbocycles. The van der Waals surface area contributed by atoms with Crippen LogP contribution in [0.5, 0.6) is 0 Å².